The van der Waals surface area contributed by atoms with Crippen molar-refractivity contribution in [2.24, 2.45) is 0 Å². The molecule has 1 fully saturated rings. The Morgan fingerprint density at radius 3 is 2.60 bits per heavy atom. The van der Waals surface area contributed by atoms with Crippen molar-refractivity contribution < 1.29 is 23.1 Å². The molecular weight excluding hydrogens is 282 g/mol. The fraction of sp³-hybridized carbons (Fsp3) is 0.462. The van der Waals surface area contributed by atoms with Crippen LogP contribution >= 0.6 is 0 Å². The molecule has 1 aliphatic carbocycles. The predicted molar refractivity (Wildman–Crippen MR) is 71.8 cm³/mol. The standard InChI is InChI=1S/C13H17NO5S/c1-19-12(15)10-5-2-3-6-11(10)20(17,18)14-9-13(16)7-4-8-13/h2-3,5-6,14,16H,4,7-9H2,1H3. The van der Waals surface area contributed by atoms with Crippen molar-refractivity contribution in [2.45, 2.75) is 29.8 Å². The molecule has 0 saturated heterocycles. The molecule has 110 valence electrons. The third-order valence-corrected chi connectivity index (χ3v) is 4.92. The number of aliphatic hydroxyl groups is 1. The molecule has 7 heteroatoms. The number of esters is 1. The average molecular weight is 299 g/mol. The van der Waals surface area contributed by atoms with Crippen molar-refractivity contribution in [1.82, 2.24) is 4.72 Å². The molecule has 0 aromatic heterocycles. The van der Waals surface area contributed by atoms with Crippen LogP contribution in [0.4, 0.5) is 0 Å². The van der Waals surface area contributed by atoms with Crippen molar-refractivity contribution in [2.75, 3.05) is 13.7 Å². The van der Waals surface area contributed by atoms with E-state index in [9.17, 15) is 18.3 Å². The van der Waals surface area contributed by atoms with Gasteiger partial charge in [-0.25, -0.2) is 17.9 Å². The van der Waals surface area contributed by atoms with Crippen molar-refractivity contribution in [3.63, 3.8) is 0 Å². The zero-order valence-electron chi connectivity index (χ0n) is 11.1. The molecule has 0 heterocycles. The zero-order valence-corrected chi connectivity index (χ0v) is 11.9. The summed E-state index contributed by atoms with van der Waals surface area (Å²) >= 11 is 0. The maximum absolute atomic E-state index is 12.2. The Balaban J connectivity index is 2.23. The van der Waals surface area contributed by atoms with E-state index in [-0.39, 0.29) is 17.0 Å². The van der Waals surface area contributed by atoms with Gasteiger partial charge in [0.05, 0.1) is 23.2 Å². The third-order valence-electron chi connectivity index (χ3n) is 3.46. The molecule has 0 atom stereocenters. The second-order valence-electron chi connectivity index (χ2n) is 4.89. The van der Waals surface area contributed by atoms with Gasteiger partial charge in [-0.1, -0.05) is 12.1 Å². The molecule has 0 radical (unpaired) electrons. The number of benzene rings is 1. The lowest BCUT2D eigenvalue weighted by Gasteiger charge is -2.36. The van der Waals surface area contributed by atoms with E-state index in [4.69, 9.17) is 0 Å². The lowest BCUT2D eigenvalue weighted by molar-refractivity contribution is -0.0270. The Bertz CT molecular complexity index is 607. The second-order valence-corrected chi connectivity index (χ2v) is 6.63. The van der Waals surface area contributed by atoms with Gasteiger partial charge in [0.25, 0.3) is 0 Å². The van der Waals surface area contributed by atoms with Crippen molar-refractivity contribution in [3.8, 4) is 0 Å². The molecule has 0 amide bonds. The molecule has 20 heavy (non-hydrogen) atoms. The second kappa shape index (κ2) is 5.51. The molecule has 0 unspecified atom stereocenters. The number of hydrogen-bond donors (Lipinski definition) is 2. The molecule has 2 rings (SSSR count). The van der Waals surface area contributed by atoms with Crippen LogP contribution in [0.1, 0.15) is 29.6 Å². The molecule has 2 N–H and O–H groups in total. The van der Waals surface area contributed by atoms with Gasteiger partial charge in [-0.3, -0.25) is 0 Å². The minimum absolute atomic E-state index is 0.0249. The van der Waals surface area contributed by atoms with E-state index < -0.39 is 21.6 Å². The quantitative estimate of drug-likeness (QED) is 0.779. The Morgan fingerprint density at radius 2 is 2.05 bits per heavy atom. The number of carbonyl (C=O) groups excluding carboxylic acids is 1. The summed E-state index contributed by atoms with van der Waals surface area (Å²) in [7, 11) is -2.68. The Morgan fingerprint density at radius 1 is 1.40 bits per heavy atom. The first-order valence-electron chi connectivity index (χ1n) is 6.27. The van der Waals surface area contributed by atoms with Crippen LogP contribution in [0.3, 0.4) is 0 Å². The molecule has 1 aromatic rings. The Kier molecular flexibility index (Phi) is 4.12. The first kappa shape index (κ1) is 15.0. The normalized spacial score (nSPS) is 17.3. The number of carbonyl (C=O) groups is 1. The largest absolute Gasteiger partial charge is 0.465 e. The summed E-state index contributed by atoms with van der Waals surface area (Å²) in [5.74, 6) is -0.715. The summed E-state index contributed by atoms with van der Waals surface area (Å²) in [5.41, 5.74) is -0.990. The van der Waals surface area contributed by atoms with E-state index in [1.807, 2.05) is 0 Å². The minimum Gasteiger partial charge on any atom is -0.465 e. The molecule has 6 nitrogen and oxygen atoms in total. The van der Waals surface area contributed by atoms with Gasteiger partial charge in [-0.05, 0) is 31.4 Å². The van der Waals surface area contributed by atoms with E-state index in [1.165, 1.54) is 25.3 Å². The highest BCUT2D eigenvalue weighted by Gasteiger charge is 2.36. The van der Waals surface area contributed by atoms with E-state index in [2.05, 4.69) is 9.46 Å². The van der Waals surface area contributed by atoms with Gasteiger partial charge in [-0.15, -0.1) is 0 Å². The highest BCUT2D eigenvalue weighted by molar-refractivity contribution is 7.89. The summed E-state index contributed by atoms with van der Waals surface area (Å²) < 4.78 is 31.4. The van der Waals surface area contributed by atoms with Crippen LogP contribution < -0.4 is 4.72 Å². The molecule has 0 spiro atoms. The van der Waals surface area contributed by atoms with E-state index in [0.29, 0.717) is 12.8 Å². The highest BCUT2D eigenvalue weighted by atomic mass is 32.2. The summed E-state index contributed by atoms with van der Waals surface area (Å²) in [5, 5.41) is 9.93. The number of nitrogens with one attached hydrogen (secondary N) is 1. The molecule has 0 aliphatic heterocycles. The number of rotatable bonds is 5. The zero-order chi connectivity index (χ0) is 14.8. The van der Waals surface area contributed by atoms with Crippen molar-refractivity contribution >= 4 is 16.0 Å². The van der Waals surface area contributed by atoms with Gasteiger partial charge in [0.2, 0.25) is 10.0 Å². The fourth-order valence-corrected chi connectivity index (χ4v) is 3.36. The Hall–Kier alpha value is -1.44. The van der Waals surface area contributed by atoms with Gasteiger partial charge in [0, 0.05) is 6.54 Å². The number of ether oxygens (including phenoxy) is 1. The van der Waals surface area contributed by atoms with Gasteiger partial charge < -0.3 is 9.84 Å². The fourth-order valence-electron chi connectivity index (χ4n) is 2.05. The van der Waals surface area contributed by atoms with Gasteiger partial charge in [0.1, 0.15) is 0 Å². The average Bonchev–Trinajstić information content (AvgIpc) is 2.42. The van der Waals surface area contributed by atoms with Crippen LogP contribution in [0.2, 0.25) is 0 Å². The number of methoxy groups -OCH3 is 1. The maximum Gasteiger partial charge on any atom is 0.339 e. The third kappa shape index (κ3) is 3.00. The lowest BCUT2D eigenvalue weighted by atomic mass is 9.81. The molecule has 1 saturated carbocycles. The SMILES string of the molecule is COC(=O)c1ccccc1S(=O)(=O)NCC1(O)CCC1. The lowest BCUT2D eigenvalue weighted by Crippen LogP contribution is -2.47. The minimum atomic E-state index is -3.87. The van der Waals surface area contributed by atoms with Crippen LogP contribution in [-0.2, 0) is 14.8 Å². The van der Waals surface area contributed by atoms with Crippen LogP contribution in [0.5, 0.6) is 0 Å². The van der Waals surface area contributed by atoms with E-state index >= 15 is 0 Å². The molecule has 0 bridgehead atoms. The summed E-state index contributed by atoms with van der Waals surface area (Å²) in [4.78, 5) is 11.4. The smallest absolute Gasteiger partial charge is 0.339 e. The first-order valence-corrected chi connectivity index (χ1v) is 7.76. The van der Waals surface area contributed by atoms with Gasteiger partial charge in [-0.2, -0.15) is 0 Å². The highest BCUT2D eigenvalue weighted by Crippen LogP contribution is 2.31. The number of sulfonamides is 1. The number of hydrogen-bond acceptors (Lipinski definition) is 5. The molecular formula is C13H17NO5S. The van der Waals surface area contributed by atoms with Crippen LogP contribution in [-0.4, -0.2) is 38.7 Å². The Labute approximate surface area is 117 Å². The first-order chi connectivity index (χ1) is 9.38. The van der Waals surface area contributed by atoms with Gasteiger partial charge >= 0.3 is 5.97 Å². The monoisotopic (exact) mass is 299 g/mol. The maximum atomic E-state index is 12.2. The van der Waals surface area contributed by atoms with Crippen molar-refractivity contribution in [1.29, 1.82) is 0 Å². The van der Waals surface area contributed by atoms with Gasteiger partial charge in [0.15, 0.2) is 0 Å². The van der Waals surface area contributed by atoms with E-state index in [1.54, 1.807) is 6.07 Å². The van der Waals surface area contributed by atoms with Crippen molar-refractivity contribution in [3.05, 3.63) is 29.8 Å². The van der Waals surface area contributed by atoms with Crippen LogP contribution in [0, 0.1) is 0 Å². The summed E-state index contributed by atoms with van der Waals surface area (Å²) in [6.07, 6.45) is 2.04. The summed E-state index contributed by atoms with van der Waals surface area (Å²) in [6.45, 7) is -0.0508. The van der Waals surface area contributed by atoms with Crippen LogP contribution in [0.25, 0.3) is 0 Å². The summed E-state index contributed by atoms with van der Waals surface area (Å²) in [6, 6.07) is 5.81. The molecule has 1 aromatic carbocycles. The predicted octanol–water partition coefficient (Wildman–Crippen LogP) is 0.666. The van der Waals surface area contributed by atoms with Crippen LogP contribution in [0.15, 0.2) is 29.2 Å². The molecule has 1 aliphatic rings. The van der Waals surface area contributed by atoms with E-state index in [0.717, 1.165) is 6.42 Å². The topological polar surface area (TPSA) is 92.7 Å².